The molecule has 0 aliphatic carbocycles. The fraction of sp³-hybridized carbons (Fsp3) is 0.176. The van der Waals surface area contributed by atoms with Gasteiger partial charge in [-0.15, -0.1) is 40.6 Å². The smallest absolute Gasteiger partial charge is 1.00 e. The third-order valence-electron chi connectivity index (χ3n) is 2.32. The molecule has 0 fully saturated rings. The van der Waals surface area contributed by atoms with Gasteiger partial charge in [-0.3, -0.25) is 0 Å². The first-order valence-corrected chi connectivity index (χ1v) is 8.61. The zero-order chi connectivity index (χ0) is 13.2. The Bertz CT molecular complexity index is 482. The van der Waals surface area contributed by atoms with Crippen LogP contribution in [0.2, 0.25) is 13.1 Å². The molecule has 0 bridgehead atoms. The minimum Gasteiger partial charge on any atom is -1.00 e. The van der Waals surface area contributed by atoms with Gasteiger partial charge in [0.1, 0.15) is 0 Å². The second-order valence-corrected chi connectivity index (χ2v) is 5.36. The number of rotatable bonds is 0. The normalized spacial score (nSPS) is 7.76. The van der Waals surface area contributed by atoms with Crippen LogP contribution in [0.15, 0.2) is 66.7 Å². The van der Waals surface area contributed by atoms with Crippen LogP contribution in [0.4, 0.5) is 0 Å². The van der Waals surface area contributed by atoms with Crippen molar-refractivity contribution in [3.63, 3.8) is 0 Å². The van der Waals surface area contributed by atoms with Gasteiger partial charge in [-0.2, -0.15) is 24.3 Å². The van der Waals surface area contributed by atoms with Crippen LogP contribution in [0.5, 0.6) is 0 Å². The van der Waals surface area contributed by atoms with Gasteiger partial charge in [-0.25, -0.2) is 12.1 Å². The molecule has 0 aromatic heterocycles. The summed E-state index contributed by atoms with van der Waals surface area (Å²) in [6, 6.07) is 22.8. The van der Waals surface area contributed by atoms with E-state index in [1.165, 1.54) is 16.3 Å². The predicted octanol–water partition coefficient (Wildman–Crippen LogP) is -1.20. The van der Waals surface area contributed by atoms with E-state index in [-0.39, 0.29) is 50.7 Å². The van der Waals surface area contributed by atoms with Crippen LogP contribution in [0.1, 0.15) is 5.56 Å². The Balaban J connectivity index is -0.000000256. The molecule has 3 aromatic rings. The molecule has 3 rings (SSSR count). The standard InChI is InChI=1S/C10H9.C5H5.C2H7Si.2ClH.Hf/c1-8-6-9-4-2-3-5-10(9)7-8;1-2-4-5-3-1;1-3-2;;;/h2-7H,1H3;1-5H;3H,1-2H3;2*1H;/q2*-1;;;;+4/p-2. The summed E-state index contributed by atoms with van der Waals surface area (Å²) in [5, 5.41) is 2.69. The molecule has 0 spiro atoms. The summed E-state index contributed by atoms with van der Waals surface area (Å²) in [6.07, 6.45) is 0. The second-order valence-electron chi connectivity index (χ2n) is 4.20. The summed E-state index contributed by atoms with van der Waals surface area (Å²) in [6.45, 7) is 6.54. The van der Waals surface area contributed by atoms with Gasteiger partial charge < -0.3 is 24.8 Å². The number of hydrogen-bond donors (Lipinski definition) is 0. The van der Waals surface area contributed by atoms with Gasteiger partial charge in [0.25, 0.3) is 0 Å². The molecule has 0 saturated heterocycles. The summed E-state index contributed by atoms with van der Waals surface area (Å²) in [7, 11) is 0.750. The van der Waals surface area contributed by atoms with E-state index in [9.17, 15) is 0 Å². The number of halogens is 2. The molecule has 0 atom stereocenters. The maximum atomic E-state index is 2.21. The zero-order valence-corrected chi connectivity index (χ0v) is 18.9. The van der Waals surface area contributed by atoms with Crippen LogP contribution in [-0.4, -0.2) is 9.52 Å². The number of benzene rings is 1. The van der Waals surface area contributed by atoms with Gasteiger partial charge in [0.15, 0.2) is 0 Å². The second kappa shape index (κ2) is 16.2. The largest absolute Gasteiger partial charge is 4.00 e. The molecule has 0 aliphatic heterocycles. The first-order chi connectivity index (χ1) is 8.77. The van der Waals surface area contributed by atoms with Crippen LogP contribution in [0.25, 0.3) is 10.8 Å². The van der Waals surface area contributed by atoms with Crippen molar-refractivity contribution in [1.29, 1.82) is 0 Å². The summed E-state index contributed by atoms with van der Waals surface area (Å²) < 4.78 is 0. The van der Waals surface area contributed by atoms with E-state index in [1.54, 1.807) is 0 Å². The molecule has 3 aromatic carbocycles. The molecule has 0 saturated carbocycles. The van der Waals surface area contributed by atoms with E-state index < -0.39 is 0 Å². The summed E-state index contributed by atoms with van der Waals surface area (Å²) in [5.41, 5.74) is 1.35. The summed E-state index contributed by atoms with van der Waals surface area (Å²) in [5.74, 6) is 0. The first-order valence-electron chi connectivity index (χ1n) is 6.30. The minimum atomic E-state index is 0. The molecule has 21 heavy (non-hydrogen) atoms. The van der Waals surface area contributed by atoms with Crippen molar-refractivity contribution in [2.24, 2.45) is 0 Å². The van der Waals surface area contributed by atoms with Crippen molar-refractivity contribution < 1.29 is 50.7 Å². The number of fused-ring (bicyclic) bond motifs is 1. The molecule has 0 N–H and O–H groups in total. The SMILES string of the molecule is C[SiH]C.Cc1cc2ccccc2[cH-]1.[Cl-].[Cl-].[Hf+4].c1cc[cH-]c1. The van der Waals surface area contributed by atoms with Crippen molar-refractivity contribution in [3.05, 3.63) is 72.3 Å². The van der Waals surface area contributed by atoms with Crippen LogP contribution >= 0.6 is 0 Å². The fourth-order valence-corrected chi connectivity index (χ4v) is 1.63. The fourth-order valence-electron chi connectivity index (χ4n) is 1.63. The van der Waals surface area contributed by atoms with Crippen molar-refractivity contribution in [2.75, 3.05) is 0 Å². The van der Waals surface area contributed by atoms with E-state index >= 15 is 0 Å². The van der Waals surface area contributed by atoms with Gasteiger partial charge in [0.05, 0.1) is 0 Å². The van der Waals surface area contributed by atoms with Gasteiger partial charge in [-0.05, 0) is 0 Å². The van der Waals surface area contributed by atoms with Crippen LogP contribution in [0.3, 0.4) is 0 Å². The maximum Gasteiger partial charge on any atom is 4.00 e. The molecule has 0 heterocycles. The Kier molecular flexibility index (Phi) is 19.9. The van der Waals surface area contributed by atoms with Gasteiger partial charge in [0.2, 0.25) is 0 Å². The molecule has 0 aliphatic rings. The zero-order valence-electron chi connectivity index (χ0n) is 12.7. The van der Waals surface area contributed by atoms with Crippen LogP contribution in [0, 0.1) is 6.92 Å². The minimum absolute atomic E-state index is 0. The van der Waals surface area contributed by atoms with Gasteiger partial charge >= 0.3 is 25.8 Å². The molecule has 111 valence electrons. The average molecular weight is 503 g/mol. The summed E-state index contributed by atoms with van der Waals surface area (Å²) >= 11 is 0. The summed E-state index contributed by atoms with van der Waals surface area (Å²) in [4.78, 5) is 0. The average Bonchev–Trinajstić information content (AvgIpc) is 3.00. The van der Waals surface area contributed by atoms with E-state index in [4.69, 9.17) is 0 Å². The molecule has 1 radical (unpaired) electrons. The number of aryl methyl sites for hydroxylation is 1. The van der Waals surface area contributed by atoms with E-state index in [0.29, 0.717) is 0 Å². The van der Waals surface area contributed by atoms with Crippen molar-refractivity contribution in [2.45, 2.75) is 20.0 Å². The quantitative estimate of drug-likeness (QED) is 0.268. The Hall–Kier alpha value is -0.153. The number of hydrogen-bond acceptors (Lipinski definition) is 0. The molecule has 0 nitrogen and oxygen atoms in total. The maximum absolute atomic E-state index is 2.21. The molecule has 4 heteroatoms. The molecular weight excluding hydrogens is 482 g/mol. The van der Waals surface area contributed by atoms with E-state index in [0.717, 1.165) is 9.52 Å². The van der Waals surface area contributed by atoms with Crippen LogP contribution < -0.4 is 24.8 Å². The van der Waals surface area contributed by atoms with E-state index in [1.807, 2.05) is 30.3 Å². The third kappa shape index (κ3) is 11.1. The topological polar surface area (TPSA) is 0 Å². The third-order valence-corrected chi connectivity index (χ3v) is 2.32. The van der Waals surface area contributed by atoms with Crippen LogP contribution in [-0.2, 0) is 25.8 Å². The van der Waals surface area contributed by atoms with Crippen molar-refractivity contribution in [3.8, 4) is 0 Å². The Labute approximate surface area is 162 Å². The first kappa shape index (κ1) is 25.8. The molecular formula is C17H21Cl2HfSi. The Morgan fingerprint density at radius 1 is 0.905 bits per heavy atom. The molecule has 0 unspecified atom stereocenters. The van der Waals surface area contributed by atoms with Crippen molar-refractivity contribution in [1.82, 2.24) is 0 Å². The van der Waals surface area contributed by atoms with Gasteiger partial charge in [0, 0.05) is 9.52 Å². The monoisotopic (exact) mass is 503 g/mol. The van der Waals surface area contributed by atoms with Crippen molar-refractivity contribution >= 4 is 20.3 Å². The Morgan fingerprint density at radius 2 is 1.43 bits per heavy atom. The van der Waals surface area contributed by atoms with Gasteiger partial charge in [-0.1, -0.05) is 26.1 Å². The predicted molar refractivity (Wildman–Crippen MR) is 85.2 cm³/mol. The van der Waals surface area contributed by atoms with E-state index in [2.05, 4.69) is 56.4 Å². The Morgan fingerprint density at radius 3 is 1.86 bits per heavy atom. The molecule has 0 amide bonds.